The van der Waals surface area contributed by atoms with Crippen LogP contribution in [0.5, 0.6) is 11.5 Å². The first-order valence-corrected chi connectivity index (χ1v) is 13.0. The van der Waals surface area contributed by atoms with Gasteiger partial charge >= 0.3 is 6.09 Å². The van der Waals surface area contributed by atoms with Gasteiger partial charge in [0.1, 0.15) is 29.0 Å². The minimum Gasteiger partial charge on any atom is -0.497 e. The molecule has 216 valence electrons. The van der Waals surface area contributed by atoms with E-state index in [1.807, 2.05) is 6.92 Å². The molecule has 0 aliphatic heterocycles. The van der Waals surface area contributed by atoms with Gasteiger partial charge in [-0.1, -0.05) is 19.1 Å². The lowest BCUT2D eigenvalue weighted by Crippen LogP contribution is -2.50. The number of hydrogen-bond donors (Lipinski definition) is 3. The van der Waals surface area contributed by atoms with Gasteiger partial charge in [0.15, 0.2) is 5.43 Å². The van der Waals surface area contributed by atoms with Gasteiger partial charge in [-0.2, -0.15) is 0 Å². The summed E-state index contributed by atoms with van der Waals surface area (Å²) in [5.41, 5.74) is -0.197. The zero-order valence-corrected chi connectivity index (χ0v) is 23.4. The van der Waals surface area contributed by atoms with Crippen LogP contribution in [0, 0.1) is 5.82 Å². The predicted molar refractivity (Wildman–Crippen MR) is 149 cm³/mol. The van der Waals surface area contributed by atoms with E-state index < -0.39 is 41.5 Å². The van der Waals surface area contributed by atoms with Gasteiger partial charge in [-0.25, -0.2) is 9.18 Å². The number of halogens is 1. The lowest BCUT2D eigenvalue weighted by Gasteiger charge is -2.22. The Morgan fingerprint density at radius 1 is 1.12 bits per heavy atom. The molecule has 3 rings (SSSR count). The molecule has 3 aromatic rings. The largest absolute Gasteiger partial charge is 0.497 e. The maximum absolute atomic E-state index is 15.1. The van der Waals surface area contributed by atoms with Crippen molar-refractivity contribution in [3.63, 3.8) is 0 Å². The molecular weight excluding hydrogens is 521 g/mol. The van der Waals surface area contributed by atoms with Gasteiger partial charge in [0.05, 0.1) is 31.2 Å². The van der Waals surface area contributed by atoms with E-state index in [-0.39, 0.29) is 29.6 Å². The molecule has 1 unspecified atom stereocenters. The van der Waals surface area contributed by atoms with Gasteiger partial charge in [0, 0.05) is 24.8 Å². The van der Waals surface area contributed by atoms with E-state index in [0.717, 1.165) is 0 Å². The lowest BCUT2D eigenvalue weighted by atomic mass is 10.0. The highest BCUT2D eigenvalue weighted by molar-refractivity contribution is 5.89. The number of benzene rings is 2. The van der Waals surface area contributed by atoms with Crippen LogP contribution in [-0.2, 0) is 16.1 Å². The molecule has 0 aliphatic rings. The summed E-state index contributed by atoms with van der Waals surface area (Å²) in [7, 11) is 1.53. The predicted octanol–water partition coefficient (Wildman–Crippen LogP) is 3.61. The Labute approximate surface area is 232 Å². The van der Waals surface area contributed by atoms with Crippen LogP contribution in [0.2, 0.25) is 0 Å². The number of fused-ring (bicyclic) bond motifs is 1. The Bertz CT molecular complexity index is 1400. The van der Waals surface area contributed by atoms with Crippen LogP contribution in [0.25, 0.3) is 22.0 Å². The smallest absolute Gasteiger partial charge is 0.408 e. The van der Waals surface area contributed by atoms with Crippen molar-refractivity contribution in [2.45, 2.75) is 52.3 Å². The standard InChI is InChI=1S/C29H36FN3O7/c1-6-15-39-23-12-11-21(30)24-25(23)33(16-20(26(24)35)18-7-9-19(38-5)10-8-18)14-13-31-27(36)22(17-34)32-28(37)40-29(2,3)4/h7-12,16,22,34H,6,13-15,17H2,1-5H3,(H,31,36)(H,32,37). The summed E-state index contributed by atoms with van der Waals surface area (Å²) in [6.07, 6.45) is 1.46. The van der Waals surface area contributed by atoms with Crippen LogP contribution in [-0.4, -0.2) is 60.2 Å². The lowest BCUT2D eigenvalue weighted by molar-refractivity contribution is -0.124. The fourth-order valence-electron chi connectivity index (χ4n) is 4.01. The Balaban J connectivity index is 1.94. The zero-order chi connectivity index (χ0) is 29.4. The Kier molecular flexibility index (Phi) is 10.1. The van der Waals surface area contributed by atoms with Gasteiger partial charge in [0.25, 0.3) is 0 Å². The number of methoxy groups -OCH3 is 1. The highest BCUT2D eigenvalue weighted by atomic mass is 19.1. The number of pyridine rings is 1. The normalized spacial score (nSPS) is 12.1. The molecule has 0 saturated heterocycles. The monoisotopic (exact) mass is 557 g/mol. The second kappa shape index (κ2) is 13.3. The summed E-state index contributed by atoms with van der Waals surface area (Å²) < 4.78 is 33.0. The third kappa shape index (κ3) is 7.50. The molecule has 1 atom stereocenters. The number of carbonyl (C=O) groups excluding carboxylic acids is 2. The van der Waals surface area contributed by atoms with Gasteiger partial charge < -0.3 is 34.5 Å². The first kappa shape index (κ1) is 30.4. The quantitative estimate of drug-likeness (QED) is 0.329. The number of carbonyl (C=O) groups is 2. The molecule has 0 aliphatic carbocycles. The molecule has 0 radical (unpaired) electrons. The minimum atomic E-state index is -1.24. The summed E-state index contributed by atoms with van der Waals surface area (Å²) in [6.45, 7) is 6.84. The fourth-order valence-corrected chi connectivity index (χ4v) is 4.01. The van der Waals surface area contributed by atoms with Crippen LogP contribution in [0.3, 0.4) is 0 Å². The van der Waals surface area contributed by atoms with E-state index in [1.54, 1.807) is 55.8 Å². The number of hydrogen-bond acceptors (Lipinski definition) is 7. The molecule has 3 N–H and O–H groups in total. The summed E-state index contributed by atoms with van der Waals surface area (Å²) in [4.78, 5) is 38.3. The summed E-state index contributed by atoms with van der Waals surface area (Å²) in [6, 6.07) is 8.25. The van der Waals surface area contributed by atoms with E-state index in [2.05, 4.69) is 10.6 Å². The number of aliphatic hydroxyl groups is 1. The molecule has 0 fully saturated rings. The first-order chi connectivity index (χ1) is 19.0. The Hall–Kier alpha value is -4.12. The third-order valence-electron chi connectivity index (χ3n) is 5.84. The molecule has 10 nitrogen and oxygen atoms in total. The number of alkyl carbamates (subject to hydrolysis) is 1. The van der Waals surface area contributed by atoms with Crippen molar-refractivity contribution in [1.82, 2.24) is 15.2 Å². The van der Waals surface area contributed by atoms with E-state index in [4.69, 9.17) is 14.2 Å². The third-order valence-corrected chi connectivity index (χ3v) is 5.84. The van der Waals surface area contributed by atoms with Crippen LogP contribution in [0.1, 0.15) is 34.1 Å². The molecule has 1 heterocycles. The number of amides is 2. The fraction of sp³-hybridized carbons (Fsp3) is 0.414. The molecular formula is C29H36FN3O7. The van der Waals surface area contributed by atoms with Crippen molar-refractivity contribution in [1.29, 1.82) is 0 Å². The summed E-state index contributed by atoms with van der Waals surface area (Å²) in [5.74, 6) is -0.392. The van der Waals surface area contributed by atoms with E-state index >= 15 is 4.39 Å². The number of nitrogens with one attached hydrogen (secondary N) is 2. The van der Waals surface area contributed by atoms with Crippen LogP contribution >= 0.6 is 0 Å². The number of rotatable bonds is 11. The van der Waals surface area contributed by atoms with Crippen molar-refractivity contribution >= 4 is 22.9 Å². The van der Waals surface area contributed by atoms with E-state index in [1.165, 1.54) is 19.2 Å². The van der Waals surface area contributed by atoms with Crippen molar-refractivity contribution in [3.8, 4) is 22.6 Å². The van der Waals surface area contributed by atoms with E-state index in [0.29, 0.717) is 30.1 Å². The first-order valence-electron chi connectivity index (χ1n) is 13.0. The average Bonchev–Trinajstić information content (AvgIpc) is 2.91. The summed E-state index contributed by atoms with van der Waals surface area (Å²) in [5, 5.41) is 14.5. The second-order valence-electron chi connectivity index (χ2n) is 10.1. The van der Waals surface area contributed by atoms with Gasteiger partial charge in [-0.3, -0.25) is 9.59 Å². The van der Waals surface area contributed by atoms with Crippen LogP contribution in [0.4, 0.5) is 9.18 Å². The average molecular weight is 558 g/mol. The van der Waals surface area contributed by atoms with Gasteiger partial charge in [0.2, 0.25) is 5.91 Å². The molecule has 0 spiro atoms. The second-order valence-corrected chi connectivity index (χ2v) is 10.1. The number of ether oxygens (including phenoxy) is 3. The SMILES string of the molecule is CCCOc1ccc(F)c2c(=O)c(-c3ccc(OC)cc3)cn(CCNC(=O)C(CO)NC(=O)OC(C)(C)C)c12. The molecule has 0 bridgehead atoms. The Morgan fingerprint density at radius 2 is 1.82 bits per heavy atom. The van der Waals surface area contributed by atoms with Crippen molar-refractivity contribution in [3.05, 3.63) is 58.6 Å². The summed E-state index contributed by atoms with van der Waals surface area (Å²) >= 11 is 0. The maximum Gasteiger partial charge on any atom is 0.408 e. The number of nitrogens with zero attached hydrogens (tertiary/aromatic N) is 1. The van der Waals surface area contributed by atoms with Gasteiger partial charge in [-0.05, 0) is 57.0 Å². The molecule has 0 saturated carbocycles. The number of aliphatic hydroxyl groups excluding tert-OH is 1. The Morgan fingerprint density at radius 3 is 2.42 bits per heavy atom. The molecule has 1 aromatic heterocycles. The van der Waals surface area contributed by atoms with Crippen molar-refractivity contribution < 1.29 is 33.3 Å². The molecule has 40 heavy (non-hydrogen) atoms. The molecule has 2 aromatic carbocycles. The minimum absolute atomic E-state index is 0.0368. The topological polar surface area (TPSA) is 128 Å². The van der Waals surface area contributed by atoms with Gasteiger partial charge in [-0.15, -0.1) is 0 Å². The maximum atomic E-state index is 15.1. The van der Waals surface area contributed by atoms with Crippen LogP contribution in [0.15, 0.2) is 47.4 Å². The molecule has 2 amide bonds. The molecule has 11 heteroatoms. The van der Waals surface area contributed by atoms with Crippen molar-refractivity contribution in [2.75, 3.05) is 26.9 Å². The van der Waals surface area contributed by atoms with Crippen molar-refractivity contribution in [2.24, 2.45) is 0 Å². The highest BCUT2D eigenvalue weighted by Gasteiger charge is 2.24. The van der Waals surface area contributed by atoms with Crippen LogP contribution < -0.4 is 25.5 Å². The van der Waals surface area contributed by atoms with E-state index in [9.17, 15) is 19.5 Å². The highest BCUT2D eigenvalue weighted by Crippen LogP contribution is 2.29. The number of aromatic nitrogens is 1. The zero-order valence-electron chi connectivity index (χ0n) is 23.4.